The first-order valence-corrected chi connectivity index (χ1v) is 9.64. The summed E-state index contributed by atoms with van der Waals surface area (Å²) in [5.41, 5.74) is 1.96. The lowest BCUT2D eigenvalue weighted by atomic mass is 9.93. The van der Waals surface area contributed by atoms with Gasteiger partial charge in [-0.1, -0.05) is 53.7 Å². The number of aromatic nitrogens is 1. The van der Waals surface area contributed by atoms with Crippen LogP contribution in [-0.2, 0) is 11.2 Å². The highest BCUT2D eigenvalue weighted by Gasteiger charge is 2.38. The van der Waals surface area contributed by atoms with Gasteiger partial charge in [0.25, 0.3) is 5.91 Å². The van der Waals surface area contributed by atoms with E-state index in [0.29, 0.717) is 18.6 Å². The number of hydrogen-bond acceptors (Lipinski definition) is 5. The molecule has 3 unspecified atom stereocenters. The minimum absolute atomic E-state index is 0.114. The Labute approximate surface area is 168 Å². The first-order valence-electron chi connectivity index (χ1n) is 9.64. The maximum Gasteiger partial charge on any atom is 0.274 e. The quantitative estimate of drug-likeness (QED) is 0.826. The lowest BCUT2D eigenvalue weighted by molar-refractivity contribution is -0.132. The van der Waals surface area contributed by atoms with Gasteiger partial charge in [-0.15, -0.1) is 0 Å². The van der Waals surface area contributed by atoms with Gasteiger partial charge in [-0.3, -0.25) is 9.59 Å². The van der Waals surface area contributed by atoms with E-state index >= 15 is 0 Å². The molecule has 2 aliphatic rings. The van der Waals surface area contributed by atoms with Crippen molar-refractivity contribution in [3.63, 3.8) is 0 Å². The molecule has 0 radical (unpaired) electrons. The van der Waals surface area contributed by atoms with E-state index in [2.05, 4.69) is 10.5 Å². The third-order valence-electron chi connectivity index (χ3n) is 5.44. The summed E-state index contributed by atoms with van der Waals surface area (Å²) < 4.78 is 5.28. The Bertz CT molecular complexity index is 963. The zero-order chi connectivity index (χ0) is 20.4. The number of likely N-dealkylation sites (N-methyl/N-ethyl adjacent to an activating group) is 1. The van der Waals surface area contributed by atoms with Gasteiger partial charge in [0.2, 0.25) is 5.91 Å². The van der Waals surface area contributed by atoms with Crippen molar-refractivity contribution in [3.8, 4) is 0 Å². The molecule has 7 nitrogen and oxygen atoms in total. The number of carbonyl (C=O) groups is 2. The van der Waals surface area contributed by atoms with E-state index < -0.39 is 18.1 Å². The van der Waals surface area contributed by atoms with E-state index in [1.165, 1.54) is 0 Å². The normalized spacial score (nSPS) is 23.9. The lowest BCUT2D eigenvalue weighted by Gasteiger charge is -2.30. The van der Waals surface area contributed by atoms with Gasteiger partial charge in [0.1, 0.15) is 11.8 Å². The standard InChI is InChI=1S/C22H23N3O4/c1-25-19-10-6-5-9-16(19)20(26)13-18(22(25)28)23-21(27)17-12-15(29-24-17)11-14-7-3-2-4-8-14/h2-9,12,18-20,26H,10-11,13H2,1H3,(H,23,27). The van der Waals surface area contributed by atoms with Gasteiger partial charge in [0.05, 0.1) is 12.1 Å². The molecule has 1 fully saturated rings. The Hall–Kier alpha value is -3.19. The number of carbonyl (C=O) groups excluding carboxylic acids is 2. The second-order valence-corrected chi connectivity index (χ2v) is 7.41. The molecule has 1 aliphatic carbocycles. The maximum absolute atomic E-state index is 12.9. The second-order valence-electron chi connectivity index (χ2n) is 7.41. The van der Waals surface area contributed by atoms with Crippen LogP contribution in [0.15, 0.2) is 64.7 Å². The van der Waals surface area contributed by atoms with Crippen LogP contribution in [-0.4, -0.2) is 52.2 Å². The van der Waals surface area contributed by atoms with Crippen LogP contribution in [0.1, 0.15) is 34.7 Å². The van der Waals surface area contributed by atoms with E-state index in [-0.39, 0.29) is 24.1 Å². The van der Waals surface area contributed by atoms with Crippen molar-refractivity contribution in [3.05, 3.63) is 77.2 Å². The third kappa shape index (κ3) is 4.00. The molecule has 0 bridgehead atoms. The van der Waals surface area contributed by atoms with Gasteiger partial charge in [-0.2, -0.15) is 0 Å². The van der Waals surface area contributed by atoms with E-state index in [1.54, 1.807) is 18.0 Å². The van der Waals surface area contributed by atoms with E-state index in [1.807, 2.05) is 48.6 Å². The van der Waals surface area contributed by atoms with Crippen molar-refractivity contribution in [1.29, 1.82) is 0 Å². The molecule has 3 atom stereocenters. The molecule has 0 saturated carbocycles. The molecule has 1 aromatic carbocycles. The van der Waals surface area contributed by atoms with Crippen molar-refractivity contribution in [1.82, 2.24) is 15.4 Å². The number of fused-ring (bicyclic) bond motifs is 1. The van der Waals surface area contributed by atoms with Crippen LogP contribution in [0.3, 0.4) is 0 Å². The van der Waals surface area contributed by atoms with E-state index in [9.17, 15) is 14.7 Å². The summed E-state index contributed by atoms with van der Waals surface area (Å²) >= 11 is 0. The SMILES string of the molecule is CN1C(=O)C(NC(=O)c2cc(Cc3ccccc3)on2)CC(O)C2=CC=CCC21. The molecule has 1 aromatic heterocycles. The van der Waals surface area contributed by atoms with Crippen LogP contribution in [0.25, 0.3) is 0 Å². The average Bonchev–Trinajstić information content (AvgIpc) is 3.18. The first-order chi connectivity index (χ1) is 14.0. The number of nitrogens with one attached hydrogen (secondary N) is 1. The van der Waals surface area contributed by atoms with Crippen LogP contribution in [0.5, 0.6) is 0 Å². The Balaban J connectivity index is 1.46. The van der Waals surface area contributed by atoms with E-state index in [4.69, 9.17) is 4.52 Å². The summed E-state index contributed by atoms with van der Waals surface area (Å²) in [6.45, 7) is 0. The summed E-state index contributed by atoms with van der Waals surface area (Å²) in [6.07, 6.45) is 6.20. The number of rotatable bonds is 4. The molecule has 0 spiro atoms. The van der Waals surface area contributed by atoms with Crippen molar-refractivity contribution >= 4 is 11.8 Å². The number of nitrogens with zero attached hydrogens (tertiary/aromatic N) is 2. The summed E-state index contributed by atoms with van der Waals surface area (Å²) in [5.74, 6) is -0.161. The van der Waals surface area contributed by atoms with Gasteiger partial charge in [-0.05, 0) is 17.6 Å². The lowest BCUT2D eigenvalue weighted by Crippen LogP contribution is -2.48. The Kier molecular flexibility index (Phi) is 5.31. The minimum Gasteiger partial charge on any atom is -0.389 e. The highest BCUT2D eigenvalue weighted by molar-refractivity contribution is 5.96. The van der Waals surface area contributed by atoms with E-state index in [0.717, 1.165) is 11.1 Å². The third-order valence-corrected chi connectivity index (χ3v) is 5.44. The number of aliphatic hydroxyl groups is 1. The molecule has 2 heterocycles. The van der Waals surface area contributed by atoms with Crippen molar-refractivity contribution in [2.75, 3.05) is 7.05 Å². The van der Waals surface area contributed by atoms with Gasteiger partial charge >= 0.3 is 0 Å². The van der Waals surface area contributed by atoms with Crippen LogP contribution in [0.4, 0.5) is 0 Å². The number of benzene rings is 1. The zero-order valence-electron chi connectivity index (χ0n) is 16.1. The van der Waals surface area contributed by atoms with Crippen molar-refractivity contribution < 1.29 is 19.2 Å². The molecule has 4 rings (SSSR count). The molecule has 29 heavy (non-hydrogen) atoms. The number of likely N-dealkylation sites (tertiary alicyclic amines) is 1. The Morgan fingerprint density at radius 2 is 2.14 bits per heavy atom. The Morgan fingerprint density at radius 3 is 2.93 bits per heavy atom. The monoisotopic (exact) mass is 393 g/mol. The van der Waals surface area contributed by atoms with Crippen LogP contribution < -0.4 is 5.32 Å². The number of amides is 2. The topological polar surface area (TPSA) is 95.7 Å². The number of aliphatic hydroxyl groups excluding tert-OH is 1. The molecule has 2 amide bonds. The predicted molar refractivity (Wildman–Crippen MR) is 106 cm³/mol. The minimum atomic E-state index is -0.830. The highest BCUT2D eigenvalue weighted by Crippen LogP contribution is 2.28. The van der Waals surface area contributed by atoms with Gasteiger partial charge < -0.3 is 19.8 Å². The Morgan fingerprint density at radius 1 is 1.34 bits per heavy atom. The number of hydrogen-bond donors (Lipinski definition) is 2. The molecule has 2 N–H and O–H groups in total. The molecule has 1 saturated heterocycles. The maximum atomic E-state index is 12.9. The predicted octanol–water partition coefficient (Wildman–Crippen LogP) is 1.84. The summed E-state index contributed by atoms with van der Waals surface area (Å²) in [7, 11) is 1.70. The first kappa shape index (κ1) is 19.1. The molecular weight excluding hydrogens is 370 g/mol. The second kappa shape index (κ2) is 8.05. The van der Waals surface area contributed by atoms with Crippen LogP contribution >= 0.6 is 0 Å². The van der Waals surface area contributed by atoms with Crippen LogP contribution in [0.2, 0.25) is 0 Å². The fourth-order valence-electron chi connectivity index (χ4n) is 3.86. The average molecular weight is 393 g/mol. The van der Waals surface area contributed by atoms with Gasteiger partial charge in [0, 0.05) is 26.0 Å². The van der Waals surface area contributed by atoms with Gasteiger partial charge in [0.15, 0.2) is 5.69 Å². The van der Waals surface area contributed by atoms with Gasteiger partial charge in [-0.25, -0.2) is 0 Å². The smallest absolute Gasteiger partial charge is 0.274 e. The van der Waals surface area contributed by atoms with Crippen LogP contribution in [0, 0.1) is 0 Å². The molecule has 1 aliphatic heterocycles. The zero-order valence-corrected chi connectivity index (χ0v) is 16.1. The summed E-state index contributed by atoms with van der Waals surface area (Å²) in [6, 6.07) is 10.3. The fourth-order valence-corrected chi connectivity index (χ4v) is 3.86. The molecule has 2 aromatic rings. The largest absolute Gasteiger partial charge is 0.389 e. The molecule has 7 heteroatoms. The summed E-state index contributed by atoms with van der Waals surface area (Å²) in [5, 5.41) is 17.1. The summed E-state index contributed by atoms with van der Waals surface area (Å²) in [4.78, 5) is 27.1. The fraction of sp³-hybridized carbons (Fsp3) is 0.318. The molecular formula is C22H23N3O4. The highest BCUT2D eigenvalue weighted by atomic mass is 16.5. The van der Waals surface area contributed by atoms with Crippen molar-refractivity contribution in [2.45, 2.75) is 37.5 Å². The number of allylic oxidation sites excluding steroid dienone is 2. The van der Waals surface area contributed by atoms with Crippen molar-refractivity contribution in [2.24, 2.45) is 0 Å². The molecule has 150 valence electrons.